The minimum Gasteiger partial charge on any atom is -0.355 e. The van der Waals surface area contributed by atoms with Crippen molar-refractivity contribution in [3.8, 4) is 0 Å². The van der Waals surface area contributed by atoms with E-state index in [4.69, 9.17) is 32.7 Å². The first-order chi connectivity index (χ1) is 13.0. The summed E-state index contributed by atoms with van der Waals surface area (Å²) in [5.74, 6) is -0.487. The maximum atomic E-state index is 12.5. The van der Waals surface area contributed by atoms with E-state index in [2.05, 4.69) is 10.2 Å². The van der Waals surface area contributed by atoms with E-state index in [1.165, 1.54) is 12.8 Å². The van der Waals surface area contributed by atoms with Gasteiger partial charge in [-0.3, -0.25) is 9.69 Å². The molecular formula is C20H26Cl2N2O3. The number of halogens is 2. The molecule has 0 radical (unpaired) electrons. The Labute approximate surface area is 170 Å². The normalized spacial score (nSPS) is 28.0. The molecule has 2 atom stereocenters. The largest absolute Gasteiger partial charge is 0.355 e. The van der Waals surface area contributed by atoms with Crippen LogP contribution in [0.3, 0.4) is 0 Å². The first-order valence-corrected chi connectivity index (χ1v) is 10.5. The van der Waals surface area contributed by atoms with Crippen LogP contribution < -0.4 is 5.32 Å². The number of amides is 1. The highest BCUT2D eigenvalue weighted by Gasteiger charge is 2.48. The highest BCUT2D eigenvalue weighted by Crippen LogP contribution is 2.48. The van der Waals surface area contributed by atoms with Crippen LogP contribution in [0.15, 0.2) is 12.1 Å². The molecule has 4 rings (SSSR count). The van der Waals surface area contributed by atoms with Gasteiger partial charge in [-0.25, -0.2) is 0 Å². The average molecular weight is 413 g/mol. The van der Waals surface area contributed by atoms with Gasteiger partial charge in [0.25, 0.3) is 5.91 Å². The summed E-state index contributed by atoms with van der Waals surface area (Å²) >= 11 is 13.0. The van der Waals surface area contributed by atoms with Crippen molar-refractivity contribution in [3.05, 3.63) is 33.3 Å². The van der Waals surface area contributed by atoms with Crippen LogP contribution in [-0.2, 0) is 9.47 Å². The Morgan fingerprint density at radius 2 is 1.93 bits per heavy atom. The molecule has 1 aromatic carbocycles. The third-order valence-corrected chi connectivity index (χ3v) is 7.04. The molecule has 1 aliphatic carbocycles. The van der Waals surface area contributed by atoms with E-state index in [0.29, 0.717) is 28.8 Å². The van der Waals surface area contributed by atoms with Crippen LogP contribution in [0.25, 0.3) is 0 Å². The molecule has 148 valence electrons. The molecular weight excluding hydrogens is 387 g/mol. The van der Waals surface area contributed by atoms with Gasteiger partial charge in [0, 0.05) is 37.4 Å². The van der Waals surface area contributed by atoms with Crippen molar-refractivity contribution in [2.24, 2.45) is 0 Å². The van der Waals surface area contributed by atoms with Gasteiger partial charge in [0.2, 0.25) is 0 Å². The fourth-order valence-electron chi connectivity index (χ4n) is 4.95. The molecule has 2 saturated heterocycles. The maximum Gasteiger partial charge on any atom is 0.251 e. The lowest BCUT2D eigenvalue weighted by molar-refractivity contribution is -0.191. The third kappa shape index (κ3) is 3.60. The summed E-state index contributed by atoms with van der Waals surface area (Å²) in [5.41, 5.74) is 1.48. The predicted molar refractivity (Wildman–Crippen MR) is 106 cm³/mol. The summed E-state index contributed by atoms with van der Waals surface area (Å²) in [6.07, 6.45) is 4.85. The minimum absolute atomic E-state index is 0.125. The van der Waals surface area contributed by atoms with Crippen molar-refractivity contribution in [1.29, 1.82) is 0 Å². The summed E-state index contributed by atoms with van der Waals surface area (Å²) in [6.45, 7) is 3.42. The van der Waals surface area contributed by atoms with Crippen LogP contribution in [-0.4, -0.2) is 56.0 Å². The monoisotopic (exact) mass is 412 g/mol. The first kappa shape index (κ1) is 19.5. The molecule has 3 aliphatic rings. The summed E-state index contributed by atoms with van der Waals surface area (Å²) in [6, 6.07) is 3.71. The first-order valence-electron chi connectivity index (χ1n) is 9.76. The van der Waals surface area contributed by atoms with E-state index < -0.39 is 5.79 Å². The lowest BCUT2D eigenvalue weighted by Crippen LogP contribution is -2.49. The van der Waals surface area contributed by atoms with E-state index >= 15 is 0 Å². The van der Waals surface area contributed by atoms with Gasteiger partial charge in [-0.2, -0.15) is 0 Å². The van der Waals surface area contributed by atoms with E-state index in [0.717, 1.165) is 37.9 Å². The van der Waals surface area contributed by atoms with Gasteiger partial charge < -0.3 is 14.8 Å². The predicted octanol–water partition coefficient (Wildman–Crippen LogP) is 3.83. The molecule has 0 bridgehead atoms. The number of rotatable bonds is 3. The molecule has 3 fully saturated rings. The van der Waals surface area contributed by atoms with Gasteiger partial charge in [0.1, 0.15) is 0 Å². The molecule has 0 aromatic heterocycles. The zero-order valence-electron chi connectivity index (χ0n) is 15.6. The van der Waals surface area contributed by atoms with Crippen LogP contribution >= 0.6 is 23.2 Å². The highest BCUT2D eigenvalue weighted by molar-refractivity contribution is 6.42. The Bertz CT molecular complexity index is 715. The number of nitrogens with one attached hydrogen (secondary N) is 1. The van der Waals surface area contributed by atoms with Crippen LogP contribution in [0.4, 0.5) is 0 Å². The van der Waals surface area contributed by atoms with Gasteiger partial charge in [0.15, 0.2) is 5.79 Å². The van der Waals surface area contributed by atoms with Crippen molar-refractivity contribution >= 4 is 29.1 Å². The van der Waals surface area contributed by atoms with E-state index in [1.54, 1.807) is 19.2 Å². The molecule has 1 amide bonds. The van der Waals surface area contributed by atoms with Crippen LogP contribution in [0.1, 0.15) is 53.9 Å². The van der Waals surface area contributed by atoms with Crippen molar-refractivity contribution in [2.75, 3.05) is 33.4 Å². The number of nitrogens with zero attached hydrogens (tertiary/aromatic N) is 1. The zero-order chi connectivity index (χ0) is 19.0. The van der Waals surface area contributed by atoms with Crippen molar-refractivity contribution in [3.63, 3.8) is 0 Å². The summed E-state index contributed by atoms with van der Waals surface area (Å²) in [7, 11) is 1.64. The molecule has 7 heteroatoms. The molecule has 2 aliphatic heterocycles. The van der Waals surface area contributed by atoms with Crippen LogP contribution in [0.2, 0.25) is 10.0 Å². The van der Waals surface area contributed by atoms with Gasteiger partial charge in [-0.05, 0) is 50.0 Å². The van der Waals surface area contributed by atoms with Gasteiger partial charge in [0.05, 0.1) is 23.3 Å². The number of hydrogen-bond acceptors (Lipinski definition) is 4. The number of hydrogen-bond donors (Lipinski definition) is 1. The average Bonchev–Trinajstić information content (AvgIpc) is 3.36. The topological polar surface area (TPSA) is 50.8 Å². The second kappa shape index (κ2) is 7.88. The minimum atomic E-state index is -0.484. The standard InChI is InChI=1S/C20H26Cl2N2O3/c1-23-19(25)14-4-5-15(21)18(22)17(14)13-6-7-20(26-10-11-27-20)12-16(13)24-8-2-3-9-24/h4-5,13,16H,2-3,6-12H2,1H3,(H,23,25)/t13-,16-/m1/s1. The Morgan fingerprint density at radius 3 is 2.59 bits per heavy atom. The number of ether oxygens (including phenoxy) is 2. The van der Waals surface area contributed by atoms with Crippen LogP contribution in [0, 0.1) is 0 Å². The second-order valence-electron chi connectivity index (χ2n) is 7.67. The van der Waals surface area contributed by atoms with E-state index in [1.807, 2.05) is 0 Å². The fraction of sp³-hybridized carbons (Fsp3) is 0.650. The molecule has 2 heterocycles. The molecule has 27 heavy (non-hydrogen) atoms. The van der Waals surface area contributed by atoms with E-state index in [-0.39, 0.29) is 17.9 Å². The molecule has 1 N–H and O–H groups in total. The van der Waals surface area contributed by atoms with Crippen molar-refractivity contribution < 1.29 is 14.3 Å². The molecule has 0 unspecified atom stereocenters. The summed E-state index contributed by atoms with van der Waals surface area (Å²) < 4.78 is 12.0. The van der Waals surface area contributed by atoms with Crippen molar-refractivity contribution in [2.45, 2.75) is 49.9 Å². The zero-order valence-corrected chi connectivity index (χ0v) is 17.1. The Hall–Kier alpha value is -0.850. The summed E-state index contributed by atoms with van der Waals surface area (Å²) in [4.78, 5) is 15.1. The molecule has 1 saturated carbocycles. The van der Waals surface area contributed by atoms with Gasteiger partial charge in [-0.15, -0.1) is 0 Å². The van der Waals surface area contributed by atoms with Crippen molar-refractivity contribution in [1.82, 2.24) is 10.2 Å². The maximum absolute atomic E-state index is 12.5. The number of benzene rings is 1. The Balaban J connectivity index is 1.75. The Morgan fingerprint density at radius 1 is 1.22 bits per heavy atom. The van der Waals surface area contributed by atoms with Gasteiger partial charge >= 0.3 is 0 Å². The SMILES string of the molecule is CNC(=O)c1ccc(Cl)c(Cl)c1[C@@H]1CCC2(C[C@H]1N1CCCC1)OCCO2. The number of likely N-dealkylation sites (tertiary alicyclic amines) is 1. The second-order valence-corrected chi connectivity index (χ2v) is 8.45. The number of carbonyl (C=O) groups is 1. The highest BCUT2D eigenvalue weighted by atomic mass is 35.5. The fourth-order valence-corrected chi connectivity index (χ4v) is 5.41. The lowest BCUT2D eigenvalue weighted by atomic mass is 9.75. The molecule has 1 spiro atoms. The third-order valence-electron chi connectivity index (χ3n) is 6.22. The Kier molecular flexibility index (Phi) is 5.68. The quantitative estimate of drug-likeness (QED) is 0.819. The summed E-state index contributed by atoms with van der Waals surface area (Å²) in [5, 5.41) is 3.73. The smallest absolute Gasteiger partial charge is 0.251 e. The molecule has 1 aromatic rings. The number of carbonyl (C=O) groups excluding carboxylic acids is 1. The van der Waals surface area contributed by atoms with Gasteiger partial charge in [-0.1, -0.05) is 23.2 Å². The van der Waals surface area contributed by atoms with Crippen LogP contribution in [0.5, 0.6) is 0 Å². The van der Waals surface area contributed by atoms with E-state index in [9.17, 15) is 4.79 Å². The lowest BCUT2D eigenvalue weighted by Gasteiger charge is -2.45. The molecule has 5 nitrogen and oxygen atoms in total.